The van der Waals surface area contributed by atoms with Gasteiger partial charge in [0.05, 0.1) is 18.1 Å². The molecule has 0 aliphatic carbocycles. The summed E-state index contributed by atoms with van der Waals surface area (Å²) in [6, 6.07) is 4.89. The van der Waals surface area contributed by atoms with Gasteiger partial charge in [0.2, 0.25) is 0 Å². The number of amides is 1. The Morgan fingerprint density at radius 2 is 2.05 bits per heavy atom. The number of carbonyl (C=O) groups excluding carboxylic acids is 1. The van der Waals surface area contributed by atoms with E-state index in [4.69, 9.17) is 4.74 Å². The molecule has 0 N–H and O–H groups in total. The van der Waals surface area contributed by atoms with Crippen molar-refractivity contribution in [1.82, 2.24) is 4.90 Å². The zero-order chi connectivity index (χ0) is 15.5. The summed E-state index contributed by atoms with van der Waals surface area (Å²) in [4.78, 5) is 14.0. The van der Waals surface area contributed by atoms with Gasteiger partial charge in [-0.2, -0.15) is 0 Å². The maximum absolute atomic E-state index is 12.9. The molecule has 1 aromatic rings. The third kappa shape index (κ3) is 4.01. The van der Waals surface area contributed by atoms with Gasteiger partial charge in [-0.15, -0.1) is 0 Å². The molecule has 1 amide bonds. The first kappa shape index (κ1) is 15.9. The number of halogens is 1. The Hall–Kier alpha value is -1.47. The van der Waals surface area contributed by atoms with Crippen LogP contribution in [0.25, 0.3) is 0 Å². The molecule has 7 heteroatoms. The summed E-state index contributed by atoms with van der Waals surface area (Å²) in [6.07, 6.45) is 0.430. The van der Waals surface area contributed by atoms with E-state index < -0.39 is 15.7 Å². The van der Waals surface area contributed by atoms with E-state index in [1.54, 1.807) is 0 Å². The summed E-state index contributed by atoms with van der Waals surface area (Å²) in [6.45, 7) is 0.635. The van der Waals surface area contributed by atoms with Crippen LogP contribution in [-0.2, 0) is 14.6 Å². The van der Waals surface area contributed by atoms with Crippen molar-refractivity contribution in [2.24, 2.45) is 0 Å². The maximum Gasteiger partial charge on any atom is 0.254 e. The number of ether oxygens (including phenoxy) is 1. The molecule has 1 atom stereocenters. The monoisotopic (exact) mass is 315 g/mol. The Morgan fingerprint density at radius 1 is 1.38 bits per heavy atom. The van der Waals surface area contributed by atoms with Crippen molar-refractivity contribution in [3.05, 3.63) is 35.6 Å². The first-order valence-corrected chi connectivity index (χ1v) is 8.51. The van der Waals surface area contributed by atoms with Crippen molar-refractivity contribution in [3.8, 4) is 0 Å². The van der Waals surface area contributed by atoms with Gasteiger partial charge in [-0.25, -0.2) is 12.8 Å². The average molecular weight is 315 g/mol. The van der Waals surface area contributed by atoms with Crippen LogP contribution in [0.5, 0.6) is 0 Å². The van der Waals surface area contributed by atoms with Crippen molar-refractivity contribution in [3.63, 3.8) is 0 Å². The Kier molecular flexibility index (Phi) is 4.95. The average Bonchev–Trinajstić information content (AvgIpc) is 2.80. The first-order chi connectivity index (χ1) is 9.93. The number of nitrogens with zero attached hydrogens (tertiary/aromatic N) is 1. The molecule has 21 heavy (non-hydrogen) atoms. The van der Waals surface area contributed by atoms with Crippen LogP contribution in [0, 0.1) is 5.82 Å². The zero-order valence-corrected chi connectivity index (χ0v) is 12.6. The van der Waals surface area contributed by atoms with Crippen molar-refractivity contribution < 1.29 is 22.3 Å². The summed E-state index contributed by atoms with van der Waals surface area (Å²) < 4.78 is 41.1. The lowest BCUT2D eigenvalue weighted by molar-refractivity contribution is 0.0624. The lowest BCUT2D eigenvalue weighted by Gasteiger charge is -2.28. The summed E-state index contributed by atoms with van der Waals surface area (Å²) in [5, 5.41) is 0. The second kappa shape index (κ2) is 6.53. The zero-order valence-electron chi connectivity index (χ0n) is 11.8. The minimum absolute atomic E-state index is 0.0242. The van der Waals surface area contributed by atoms with Crippen LogP contribution in [0.4, 0.5) is 4.39 Å². The van der Waals surface area contributed by atoms with E-state index >= 15 is 0 Å². The number of methoxy groups -OCH3 is 1. The van der Waals surface area contributed by atoms with Gasteiger partial charge < -0.3 is 9.64 Å². The molecule has 1 fully saturated rings. The summed E-state index contributed by atoms with van der Waals surface area (Å²) in [5.41, 5.74) is 0.344. The van der Waals surface area contributed by atoms with Gasteiger partial charge >= 0.3 is 0 Å². The van der Waals surface area contributed by atoms with Gasteiger partial charge in [0.15, 0.2) is 9.84 Å². The van der Waals surface area contributed by atoms with E-state index in [0.717, 1.165) is 0 Å². The summed E-state index contributed by atoms with van der Waals surface area (Å²) in [7, 11) is -1.56. The smallest absolute Gasteiger partial charge is 0.254 e. The van der Waals surface area contributed by atoms with Gasteiger partial charge in [-0.05, 0) is 30.7 Å². The van der Waals surface area contributed by atoms with Gasteiger partial charge in [-0.1, -0.05) is 0 Å². The second-order valence-corrected chi connectivity index (χ2v) is 7.28. The molecule has 1 heterocycles. The van der Waals surface area contributed by atoms with Gasteiger partial charge in [0.25, 0.3) is 5.91 Å². The van der Waals surface area contributed by atoms with Crippen LogP contribution in [0.1, 0.15) is 16.8 Å². The van der Waals surface area contributed by atoms with Gasteiger partial charge in [0, 0.05) is 25.3 Å². The third-order valence-electron chi connectivity index (χ3n) is 3.54. The normalized spacial score (nSPS) is 20.4. The molecule has 0 aromatic heterocycles. The fourth-order valence-corrected chi connectivity index (χ4v) is 4.15. The number of hydrogen-bond donors (Lipinski definition) is 0. The van der Waals surface area contributed by atoms with Gasteiger partial charge in [0.1, 0.15) is 5.82 Å². The van der Waals surface area contributed by atoms with Crippen LogP contribution in [-0.4, -0.2) is 57.0 Å². The molecular weight excluding hydrogens is 297 g/mol. The molecule has 1 aromatic carbocycles. The molecular formula is C14H18FNO4S. The van der Waals surface area contributed by atoms with Crippen LogP contribution in [0.2, 0.25) is 0 Å². The van der Waals surface area contributed by atoms with Crippen molar-refractivity contribution >= 4 is 15.7 Å². The van der Waals surface area contributed by atoms with Crippen LogP contribution < -0.4 is 0 Å². The maximum atomic E-state index is 12.9. The molecule has 0 saturated carbocycles. The minimum Gasteiger partial charge on any atom is -0.383 e. The Bertz CT molecular complexity index is 600. The predicted octanol–water partition coefficient (Wildman–Crippen LogP) is 1.10. The lowest BCUT2D eigenvalue weighted by Crippen LogP contribution is -2.43. The minimum atomic E-state index is -3.08. The van der Waals surface area contributed by atoms with Crippen LogP contribution in [0.3, 0.4) is 0 Å². The molecule has 0 unspecified atom stereocenters. The largest absolute Gasteiger partial charge is 0.383 e. The molecule has 1 aliphatic heterocycles. The predicted molar refractivity (Wildman–Crippen MR) is 76.4 cm³/mol. The molecule has 1 aliphatic rings. The van der Waals surface area contributed by atoms with Crippen LogP contribution >= 0.6 is 0 Å². The van der Waals surface area contributed by atoms with E-state index in [9.17, 15) is 17.6 Å². The molecule has 2 rings (SSSR count). The lowest BCUT2D eigenvalue weighted by atomic mass is 10.1. The summed E-state index contributed by atoms with van der Waals surface area (Å²) in [5.74, 6) is -0.644. The van der Waals surface area contributed by atoms with Crippen molar-refractivity contribution in [2.75, 3.05) is 31.8 Å². The number of sulfone groups is 1. The highest BCUT2D eigenvalue weighted by atomic mass is 32.2. The Labute approximate surface area is 123 Å². The first-order valence-electron chi connectivity index (χ1n) is 6.69. The number of rotatable bonds is 5. The number of benzene rings is 1. The standard InChI is InChI=1S/C14H18FNO4S/c1-20-8-7-16(13-6-9-21(18,19)10-13)14(17)11-2-4-12(15)5-3-11/h2-5,13H,6-10H2,1H3/t13-/m0/s1. The van der Waals surface area contributed by atoms with E-state index in [1.807, 2.05) is 0 Å². The van der Waals surface area contributed by atoms with Crippen molar-refractivity contribution in [1.29, 1.82) is 0 Å². The second-order valence-electron chi connectivity index (χ2n) is 5.06. The Morgan fingerprint density at radius 3 is 2.57 bits per heavy atom. The summed E-state index contributed by atoms with van der Waals surface area (Å²) >= 11 is 0. The van der Waals surface area contributed by atoms with E-state index in [2.05, 4.69) is 0 Å². The molecule has 0 spiro atoms. The Balaban J connectivity index is 2.19. The molecule has 0 radical (unpaired) electrons. The molecule has 0 bridgehead atoms. The highest BCUT2D eigenvalue weighted by molar-refractivity contribution is 7.91. The number of carbonyl (C=O) groups is 1. The van der Waals surface area contributed by atoms with Crippen LogP contribution in [0.15, 0.2) is 24.3 Å². The van der Waals surface area contributed by atoms with E-state index in [-0.39, 0.29) is 23.5 Å². The van der Waals surface area contributed by atoms with E-state index in [1.165, 1.54) is 36.3 Å². The fraction of sp³-hybridized carbons (Fsp3) is 0.500. The highest BCUT2D eigenvalue weighted by Crippen LogP contribution is 2.20. The highest BCUT2D eigenvalue weighted by Gasteiger charge is 2.34. The molecule has 1 saturated heterocycles. The van der Waals surface area contributed by atoms with Gasteiger partial charge in [-0.3, -0.25) is 4.79 Å². The third-order valence-corrected chi connectivity index (χ3v) is 5.29. The molecule has 116 valence electrons. The SMILES string of the molecule is COCCN(C(=O)c1ccc(F)cc1)[C@H]1CCS(=O)(=O)C1. The molecule has 5 nitrogen and oxygen atoms in total. The quantitative estimate of drug-likeness (QED) is 0.816. The van der Waals surface area contributed by atoms with E-state index in [0.29, 0.717) is 25.1 Å². The fourth-order valence-electron chi connectivity index (χ4n) is 2.42. The van der Waals surface area contributed by atoms with Crippen molar-refractivity contribution in [2.45, 2.75) is 12.5 Å². The number of hydrogen-bond acceptors (Lipinski definition) is 4. The topological polar surface area (TPSA) is 63.7 Å².